The SMILES string of the molecule is CCCC[NH+](CC(=O)NC12CC3CC(CC(C3)C1)C2)Cc1nc2ccccc2c(=O)[nH]1. The summed E-state index contributed by atoms with van der Waals surface area (Å²) in [4.78, 5) is 34.4. The van der Waals surface area contributed by atoms with Gasteiger partial charge in [-0.25, -0.2) is 4.98 Å². The number of para-hydroxylation sites is 1. The highest BCUT2D eigenvalue weighted by Gasteiger charge is 2.51. The topological polar surface area (TPSA) is 79.3 Å². The largest absolute Gasteiger partial charge is 0.346 e. The standard InChI is InChI=1S/C25H34N4O2/c1-2-3-8-29(15-22-26-21-7-5-4-6-20(21)24(31)27-22)16-23(30)28-25-12-17-9-18(13-25)11-19(10-17)14-25/h4-7,17-19H,2-3,8-16H2,1H3,(H,28,30)(H,26,27,31)/p+1. The minimum absolute atomic E-state index is 0.0528. The molecule has 1 amide bonds. The minimum atomic E-state index is -0.103. The van der Waals surface area contributed by atoms with Crippen molar-refractivity contribution < 1.29 is 9.69 Å². The van der Waals surface area contributed by atoms with Crippen molar-refractivity contribution in [1.29, 1.82) is 0 Å². The fraction of sp³-hybridized carbons (Fsp3) is 0.640. The molecule has 0 radical (unpaired) electrons. The number of aromatic nitrogens is 2. The lowest BCUT2D eigenvalue weighted by molar-refractivity contribution is -0.906. The number of aromatic amines is 1. The van der Waals surface area contributed by atoms with Gasteiger partial charge in [0.15, 0.2) is 12.4 Å². The number of hydrogen-bond donors (Lipinski definition) is 3. The molecule has 4 bridgehead atoms. The summed E-state index contributed by atoms with van der Waals surface area (Å²) in [6.45, 7) is 4.08. The normalized spacial score (nSPS) is 29.9. The Hall–Kier alpha value is -2.21. The van der Waals surface area contributed by atoms with Crippen LogP contribution in [-0.2, 0) is 11.3 Å². The summed E-state index contributed by atoms with van der Waals surface area (Å²) < 4.78 is 0. The van der Waals surface area contributed by atoms with E-state index in [9.17, 15) is 9.59 Å². The molecule has 6 heteroatoms. The van der Waals surface area contributed by atoms with E-state index in [0.717, 1.165) is 37.1 Å². The molecule has 6 rings (SSSR count). The first-order chi connectivity index (χ1) is 15.0. The Labute approximate surface area is 183 Å². The highest BCUT2D eigenvalue weighted by Crippen LogP contribution is 2.55. The second kappa shape index (κ2) is 8.38. The minimum Gasteiger partial charge on any atom is -0.346 e. The second-order valence-electron chi connectivity index (χ2n) is 10.5. The number of nitrogens with one attached hydrogen (secondary N) is 3. The number of rotatable bonds is 8. The molecule has 1 heterocycles. The van der Waals surface area contributed by atoms with Crippen molar-refractivity contribution in [3.63, 3.8) is 0 Å². The van der Waals surface area contributed by atoms with Crippen molar-refractivity contribution in [3.05, 3.63) is 40.4 Å². The van der Waals surface area contributed by atoms with Gasteiger partial charge in [-0.3, -0.25) is 9.59 Å². The van der Waals surface area contributed by atoms with Crippen LogP contribution in [0.2, 0.25) is 0 Å². The fourth-order valence-corrected chi connectivity index (χ4v) is 6.95. The lowest BCUT2D eigenvalue weighted by Gasteiger charge is -2.56. The van der Waals surface area contributed by atoms with Gasteiger partial charge in [0.25, 0.3) is 11.5 Å². The molecule has 3 N–H and O–H groups in total. The predicted molar refractivity (Wildman–Crippen MR) is 121 cm³/mol. The highest BCUT2D eigenvalue weighted by molar-refractivity contribution is 5.78. The molecule has 1 aromatic heterocycles. The zero-order chi connectivity index (χ0) is 21.4. The molecule has 4 saturated carbocycles. The van der Waals surface area contributed by atoms with Crippen LogP contribution < -0.4 is 15.8 Å². The number of hydrogen-bond acceptors (Lipinski definition) is 3. The van der Waals surface area contributed by atoms with Gasteiger partial charge in [-0.05, 0) is 74.8 Å². The van der Waals surface area contributed by atoms with E-state index in [1.165, 1.54) is 43.4 Å². The molecule has 31 heavy (non-hydrogen) atoms. The predicted octanol–water partition coefficient (Wildman–Crippen LogP) is 2.19. The summed E-state index contributed by atoms with van der Waals surface area (Å²) >= 11 is 0. The van der Waals surface area contributed by atoms with Crippen LogP contribution in [-0.4, -0.2) is 34.5 Å². The van der Waals surface area contributed by atoms with Gasteiger partial charge in [0.2, 0.25) is 0 Å². The number of carbonyl (C=O) groups is 1. The Balaban J connectivity index is 1.28. The number of H-pyrrole nitrogens is 1. The molecule has 0 saturated heterocycles. The lowest BCUT2D eigenvalue weighted by Crippen LogP contribution is -3.12. The lowest BCUT2D eigenvalue weighted by atomic mass is 9.53. The van der Waals surface area contributed by atoms with Gasteiger partial charge in [0.1, 0.15) is 6.54 Å². The maximum absolute atomic E-state index is 13.1. The Bertz CT molecular complexity index is 979. The van der Waals surface area contributed by atoms with Crippen LogP contribution >= 0.6 is 0 Å². The van der Waals surface area contributed by atoms with Gasteiger partial charge in [0.05, 0.1) is 17.4 Å². The number of quaternary nitrogens is 1. The molecule has 0 aliphatic heterocycles. The first-order valence-corrected chi connectivity index (χ1v) is 12.1. The smallest absolute Gasteiger partial charge is 0.275 e. The molecule has 6 nitrogen and oxygen atoms in total. The number of carbonyl (C=O) groups excluding carboxylic acids is 1. The molecule has 4 aliphatic carbocycles. The molecule has 1 unspecified atom stereocenters. The second-order valence-corrected chi connectivity index (χ2v) is 10.5. The maximum Gasteiger partial charge on any atom is 0.275 e. The molecule has 1 atom stereocenters. The molecule has 166 valence electrons. The average Bonchev–Trinajstić information content (AvgIpc) is 2.70. The van der Waals surface area contributed by atoms with Crippen molar-refractivity contribution in [2.24, 2.45) is 17.8 Å². The van der Waals surface area contributed by atoms with Gasteiger partial charge >= 0.3 is 0 Å². The monoisotopic (exact) mass is 423 g/mol. The molecule has 0 spiro atoms. The van der Waals surface area contributed by atoms with Crippen molar-refractivity contribution >= 4 is 16.8 Å². The van der Waals surface area contributed by atoms with E-state index < -0.39 is 0 Å². The Morgan fingerprint density at radius 1 is 1.16 bits per heavy atom. The quantitative estimate of drug-likeness (QED) is 0.609. The van der Waals surface area contributed by atoms with Crippen LogP contribution in [0.15, 0.2) is 29.1 Å². The summed E-state index contributed by atoms with van der Waals surface area (Å²) in [5, 5.41) is 4.12. The summed E-state index contributed by atoms with van der Waals surface area (Å²) in [5.74, 6) is 3.29. The third kappa shape index (κ3) is 4.40. The zero-order valence-corrected chi connectivity index (χ0v) is 18.6. The van der Waals surface area contributed by atoms with Crippen molar-refractivity contribution in [1.82, 2.24) is 15.3 Å². The third-order valence-corrected chi connectivity index (χ3v) is 7.82. The fourth-order valence-electron chi connectivity index (χ4n) is 6.95. The van der Waals surface area contributed by atoms with E-state index in [2.05, 4.69) is 22.2 Å². The Morgan fingerprint density at radius 2 is 1.84 bits per heavy atom. The summed E-state index contributed by atoms with van der Waals surface area (Å²) in [7, 11) is 0. The van der Waals surface area contributed by atoms with Crippen molar-refractivity contribution in [3.8, 4) is 0 Å². The molecule has 1 aromatic carbocycles. The molecular formula is C25H35N4O2+. The van der Waals surface area contributed by atoms with Gasteiger partial charge < -0.3 is 15.2 Å². The Morgan fingerprint density at radius 3 is 2.52 bits per heavy atom. The summed E-state index contributed by atoms with van der Waals surface area (Å²) in [5.41, 5.74) is 0.666. The van der Waals surface area contributed by atoms with E-state index >= 15 is 0 Å². The van der Waals surface area contributed by atoms with Crippen LogP contribution in [0.25, 0.3) is 10.9 Å². The number of fused-ring (bicyclic) bond motifs is 1. The average molecular weight is 424 g/mol. The van der Waals surface area contributed by atoms with E-state index in [4.69, 9.17) is 0 Å². The third-order valence-electron chi connectivity index (χ3n) is 7.82. The number of nitrogens with zero attached hydrogens (tertiary/aromatic N) is 1. The van der Waals surface area contributed by atoms with Crippen LogP contribution in [0, 0.1) is 17.8 Å². The van der Waals surface area contributed by atoms with E-state index in [0.29, 0.717) is 29.8 Å². The molecule has 4 fully saturated rings. The molecular weight excluding hydrogens is 388 g/mol. The van der Waals surface area contributed by atoms with E-state index in [1.54, 1.807) is 6.07 Å². The number of amides is 1. The van der Waals surface area contributed by atoms with Gasteiger partial charge in [-0.15, -0.1) is 0 Å². The highest BCUT2D eigenvalue weighted by atomic mass is 16.2. The van der Waals surface area contributed by atoms with Crippen molar-refractivity contribution in [2.75, 3.05) is 13.1 Å². The van der Waals surface area contributed by atoms with E-state index in [-0.39, 0.29) is 17.0 Å². The van der Waals surface area contributed by atoms with Gasteiger partial charge in [-0.2, -0.15) is 0 Å². The van der Waals surface area contributed by atoms with Gasteiger partial charge in [-0.1, -0.05) is 25.5 Å². The Kier molecular flexibility index (Phi) is 5.59. The molecule has 4 aliphatic rings. The zero-order valence-electron chi connectivity index (χ0n) is 18.6. The number of unbranched alkanes of at least 4 members (excludes halogenated alkanes) is 1. The van der Waals surface area contributed by atoms with Crippen LogP contribution in [0.4, 0.5) is 0 Å². The van der Waals surface area contributed by atoms with Crippen molar-refractivity contribution in [2.45, 2.75) is 70.4 Å². The maximum atomic E-state index is 13.1. The van der Waals surface area contributed by atoms with E-state index in [1.807, 2.05) is 18.2 Å². The molecule has 2 aromatic rings. The first-order valence-electron chi connectivity index (χ1n) is 12.1. The van der Waals surface area contributed by atoms with Crippen LogP contribution in [0.1, 0.15) is 64.1 Å². The first kappa shape index (κ1) is 20.7. The van der Waals surface area contributed by atoms with Gasteiger partial charge in [0, 0.05) is 5.54 Å². The van der Waals surface area contributed by atoms with Crippen LogP contribution in [0.5, 0.6) is 0 Å². The van der Waals surface area contributed by atoms with Crippen LogP contribution in [0.3, 0.4) is 0 Å². The number of benzene rings is 1. The summed E-state index contributed by atoms with van der Waals surface area (Å²) in [6.07, 6.45) is 9.80. The summed E-state index contributed by atoms with van der Waals surface area (Å²) in [6, 6.07) is 7.43.